The molecule has 3 N–H and O–H groups in total. The number of ether oxygens (including phenoxy) is 1. The summed E-state index contributed by atoms with van der Waals surface area (Å²) in [5, 5.41) is 3.44. The monoisotopic (exact) mass is 312 g/mol. The Morgan fingerprint density at radius 2 is 2.33 bits per heavy atom. The van der Waals surface area contributed by atoms with E-state index in [2.05, 4.69) is 21.2 Å². The van der Waals surface area contributed by atoms with Gasteiger partial charge in [-0.1, -0.05) is 6.07 Å². The Hall–Kier alpha value is -1.07. The van der Waals surface area contributed by atoms with Crippen molar-refractivity contribution in [3.63, 3.8) is 0 Å². The average Bonchev–Trinajstić information content (AvgIpc) is 3.13. The average molecular weight is 313 g/mol. The topological polar surface area (TPSA) is 64.3 Å². The van der Waals surface area contributed by atoms with Gasteiger partial charge in [0.2, 0.25) is 0 Å². The summed E-state index contributed by atoms with van der Waals surface area (Å²) >= 11 is 3.44. The lowest BCUT2D eigenvalue weighted by molar-refractivity contribution is -0.124. The van der Waals surface area contributed by atoms with Crippen LogP contribution in [-0.2, 0) is 11.3 Å². The van der Waals surface area contributed by atoms with Gasteiger partial charge in [-0.05, 0) is 53.4 Å². The molecule has 4 nitrogen and oxygen atoms in total. The van der Waals surface area contributed by atoms with Crippen molar-refractivity contribution in [2.24, 2.45) is 5.73 Å². The first kappa shape index (κ1) is 13.4. The fourth-order valence-electron chi connectivity index (χ4n) is 1.55. The summed E-state index contributed by atoms with van der Waals surface area (Å²) in [6.45, 7) is 2.49. The van der Waals surface area contributed by atoms with Gasteiger partial charge in [0.1, 0.15) is 5.75 Å². The lowest BCUT2D eigenvalue weighted by atomic mass is 10.2. The zero-order valence-corrected chi connectivity index (χ0v) is 11.9. The Morgan fingerprint density at radius 1 is 1.61 bits per heavy atom. The van der Waals surface area contributed by atoms with Crippen molar-refractivity contribution in [2.45, 2.75) is 38.5 Å². The molecule has 2 rings (SSSR count). The molecule has 1 saturated carbocycles. The van der Waals surface area contributed by atoms with E-state index < -0.39 is 12.0 Å². The summed E-state index contributed by atoms with van der Waals surface area (Å²) in [4.78, 5) is 10.9. The van der Waals surface area contributed by atoms with Gasteiger partial charge in [0.15, 0.2) is 6.10 Å². The standard InChI is InChI=1S/C13H17BrN2O2/c1-8(13(15)17)18-12-5-2-9(6-11(12)14)7-16-10-3-4-10/h2,5-6,8,10,16H,3-4,7H2,1H3,(H2,15,17). The first-order valence-corrected chi connectivity index (χ1v) is 6.83. The van der Waals surface area contributed by atoms with E-state index in [0.717, 1.165) is 11.0 Å². The van der Waals surface area contributed by atoms with Gasteiger partial charge in [-0.2, -0.15) is 0 Å². The minimum atomic E-state index is -0.628. The molecule has 98 valence electrons. The maximum Gasteiger partial charge on any atom is 0.258 e. The number of nitrogens with two attached hydrogens (primary N) is 1. The summed E-state index contributed by atoms with van der Waals surface area (Å²) in [5.74, 6) is 0.165. The lowest BCUT2D eigenvalue weighted by Gasteiger charge is -2.13. The molecule has 1 aliphatic rings. The number of halogens is 1. The van der Waals surface area contributed by atoms with Crippen molar-refractivity contribution in [3.05, 3.63) is 28.2 Å². The van der Waals surface area contributed by atoms with Crippen molar-refractivity contribution in [2.75, 3.05) is 0 Å². The van der Waals surface area contributed by atoms with Crippen LogP contribution in [0.1, 0.15) is 25.3 Å². The molecular formula is C13H17BrN2O2. The molecule has 0 spiro atoms. The summed E-state index contributed by atoms with van der Waals surface area (Å²) in [5.41, 5.74) is 6.35. The fraction of sp³-hybridized carbons (Fsp3) is 0.462. The van der Waals surface area contributed by atoms with Crippen LogP contribution in [0, 0.1) is 0 Å². The van der Waals surface area contributed by atoms with E-state index in [4.69, 9.17) is 10.5 Å². The number of carbonyl (C=O) groups is 1. The van der Waals surface area contributed by atoms with Crippen LogP contribution >= 0.6 is 15.9 Å². The number of benzene rings is 1. The minimum absolute atomic E-state index is 0.471. The molecule has 1 aromatic rings. The van der Waals surface area contributed by atoms with E-state index in [0.29, 0.717) is 11.8 Å². The van der Waals surface area contributed by atoms with Crippen molar-refractivity contribution in [1.29, 1.82) is 0 Å². The van der Waals surface area contributed by atoms with Crippen LogP contribution in [0.25, 0.3) is 0 Å². The molecule has 0 radical (unpaired) electrons. The molecular weight excluding hydrogens is 296 g/mol. The van der Waals surface area contributed by atoms with Crippen LogP contribution in [0.5, 0.6) is 5.75 Å². The van der Waals surface area contributed by atoms with Crippen LogP contribution in [0.15, 0.2) is 22.7 Å². The minimum Gasteiger partial charge on any atom is -0.480 e. The molecule has 18 heavy (non-hydrogen) atoms. The molecule has 0 aliphatic heterocycles. The smallest absolute Gasteiger partial charge is 0.258 e. The second kappa shape index (κ2) is 5.71. The molecule has 1 aromatic carbocycles. The molecule has 0 bridgehead atoms. The Bertz CT molecular complexity index is 447. The maximum atomic E-state index is 10.9. The molecule has 0 aromatic heterocycles. The number of nitrogens with one attached hydrogen (secondary N) is 1. The van der Waals surface area contributed by atoms with E-state index in [9.17, 15) is 4.79 Å². The number of primary amides is 1. The van der Waals surface area contributed by atoms with Crippen LogP contribution in [0.4, 0.5) is 0 Å². The lowest BCUT2D eigenvalue weighted by Crippen LogP contribution is -2.30. The number of rotatable bonds is 6. The van der Waals surface area contributed by atoms with Crippen molar-refractivity contribution in [3.8, 4) is 5.75 Å². The molecule has 0 heterocycles. The molecule has 1 unspecified atom stereocenters. The van der Waals surface area contributed by atoms with Crippen LogP contribution in [-0.4, -0.2) is 18.1 Å². The second-order valence-electron chi connectivity index (χ2n) is 4.58. The van der Waals surface area contributed by atoms with Gasteiger partial charge in [0.25, 0.3) is 5.91 Å². The number of carbonyl (C=O) groups excluding carboxylic acids is 1. The molecule has 1 fully saturated rings. The summed E-state index contributed by atoms with van der Waals surface area (Å²) in [7, 11) is 0. The fourth-order valence-corrected chi connectivity index (χ4v) is 2.07. The first-order chi connectivity index (χ1) is 8.56. The number of hydrogen-bond donors (Lipinski definition) is 2. The Balaban J connectivity index is 1.97. The highest BCUT2D eigenvalue weighted by molar-refractivity contribution is 9.10. The molecule has 5 heteroatoms. The molecule has 0 saturated heterocycles. The summed E-state index contributed by atoms with van der Waals surface area (Å²) in [6.07, 6.45) is 1.92. The van der Waals surface area contributed by atoms with Crippen LogP contribution < -0.4 is 15.8 Å². The Kier molecular flexibility index (Phi) is 4.24. The third-order valence-electron chi connectivity index (χ3n) is 2.87. The van der Waals surface area contributed by atoms with Crippen molar-refractivity contribution < 1.29 is 9.53 Å². The predicted octanol–water partition coefficient (Wildman–Crippen LogP) is 1.95. The van der Waals surface area contributed by atoms with E-state index in [1.54, 1.807) is 6.92 Å². The van der Waals surface area contributed by atoms with Crippen LogP contribution in [0.3, 0.4) is 0 Å². The largest absolute Gasteiger partial charge is 0.480 e. The quantitative estimate of drug-likeness (QED) is 0.844. The van der Waals surface area contributed by atoms with Gasteiger partial charge >= 0.3 is 0 Å². The SMILES string of the molecule is CC(Oc1ccc(CNC2CC2)cc1Br)C(N)=O. The molecule has 1 aliphatic carbocycles. The number of amides is 1. The zero-order chi connectivity index (χ0) is 13.1. The van der Waals surface area contributed by atoms with E-state index in [1.807, 2.05) is 18.2 Å². The zero-order valence-electron chi connectivity index (χ0n) is 10.3. The van der Waals surface area contributed by atoms with E-state index >= 15 is 0 Å². The van der Waals surface area contributed by atoms with Gasteiger partial charge in [-0.15, -0.1) is 0 Å². The second-order valence-corrected chi connectivity index (χ2v) is 5.44. The Morgan fingerprint density at radius 3 is 2.89 bits per heavy atom. The summed E-state index contributed by atoms with van der Waals surface area (Å²) in [6, 6.07) is 6.53. The van der Waals surface area contributed by atoms with Gasteiger partial charge in [0, 0.05) is 12.6 Å². The maximum absolute atomic E-state index is 10.9. The van der Waals surface area contributed by atoms with Gasteiger partial charge in [0.05, 0.1) is 4.47 Å². The van der Waals surface area contributed by atoms with E-state index in [-0.39, 0.29) is 0 Å². The van der Waals surface area contributed by atoms with Crippen LogP contribution in [0.2, 0.25) is 0 Å². The highest BCUT2D eigenvalue weighted by Gasteiger charge is 2.20. The Labute approximate surface area is 115 Å². The molecule has 1 amide bonds. The van der Waals surface area contributed by atoms with Gasteiger partial charge in [-0.3, -0.25) is 4.79 Å². The third kappa shape index (κ3) is 3.71. The highest BCUT2D eigenvalue weighted by Crippen LogP contribution is 2.27. The summed E-state index contributed by atoms with van der Waals surface area (Å²) < 4.78 is 6.30. The van der Waals surface area contributed by atoms with Crippen molar-refractivity contribution >= 4 is 21.8 Å². The van der Waals surface area contributed by atoms with Gasteiger partial charge in [-0.25, -0.2) is 0 Å². The first-order valence-electron chi connectivity index (χ1n) is 6.04. The highest BCUT2D eigenvalue weighted by atomic mass is 79.9. The van der Waals surface area contributed by atoms with Gasteiger partial charge < -0.3 is 15.8 Å². The predicted molar refractivity (Wildman–Crippen MR) is 73.3 cm³/mol. The third-order valence-corrected chi connectivity index (χ3v) is 3.49. The normalized spacial score (nSPS) is 16.3. The molecule has 1 atom stereocenters. The van der Waals surface area contributed by atoms with E-state index in [1.165, 1.54) is 18.4 Å². The van der Waals surface area contributed by atoms with Crippen molar-refractivity contribution in [1.82, 2.24) is 5.32 Å². The number of hydrogen-bond acceptors (Lipinski definition) is 3.